The van der Waals surface area contributed by atoms with Crippen LogP contribution in [0, 0.1) is 5.92 Å². The fourth-order valence-electron chi connectivity index (χ4n) is 2.09. The van der Waals surface area contributed by atoms with Gasteiger partial charge >= 0.3 is 0 Å². The highest BCUT2D eigenvalue weighted by Crippen LogP contribution is 2.14. The second kappa shape index (κ2) is 10.3. The molecule has 0 saturated heterocycles. The first-order valence-electron chi connectivity index (χ1n) is 7.40. The van der Waals surface area contributed by atoms with Gasteiger partial charge in [0.2, 0.25) is 5.91 Å². The SMILES string of the molecule is CCC(CCN)CCC(=O)NCCOc1ccccc1. The van der Waals surface area contributed by atoms with E-state index in [9.17, 15) is 4.79 Å². The Kier molecular flexibility index (Phi) is 8.47. The minimum atomic E-state index is 0.0946. The Morgan fingerprint density at radius 2 is 2.05 bits per heavy atom. The second-order valence-corrected chi connectivity index (χ2v) is 4.90. The van der Waals surface area contributed by atoms with E-state index in [1.54, 1.807) is 0 Å². The lowest BCUT2D eigenvalue weighted by Crippen LogP contribution is -2.28. The molecule has 0 aliphatic carbocycles. The highest BCUT2D eigenvalue weighted by molar-refractivity contribution is 5.75. The van der Waals surface area contributed by atoms with Gasteiger partial charge in [0, 0.05) is 6.42 Å². The number of hydrogen-bond donors (Lipinski definition) is 2. The van der Waals surface area contributed by atoms with E-state index < -0.39 is 0 Å². The Hall–Kier alpha value is -1.55. The van der Waals surface area contributed by atoms with E-state index in [1.807, 2.05) is 30.3 Å². The molecule has 0 aromatic heterocycles. The van der Waals surface area contributed by atoms with Gasteiger partial charge in [-0.2, -0.15) is 0 Å². The van der Waals surface area contributed by atoms with Gasteiger partial charge in [-0.05, 0) is 37.4 Å². The summed E-state index contributed by atoms with van der Waals surface area (Å²) in [6.07, 6.45) is 3.57. The van der Waals surface area contributed by atoms with Gasteiger partial charge in [-0.15, -0.1) is 0 Å². The molecule has 0 aliphatic heterocycles. The van der Waals surface area contributed by atoms with Gasteiger partial charge < -0.3 is 15.8 Å². The van der Waals surface area contributed by atoms with Crippen LogP contribution < -0.4 is 15.8 Å². The van der Waals surface area contributed by atoms with Crippen molar-refractivity contribution in [2.24, 2.45) is 11.7 Å². The molecule has 1 amide bonds. The van der Waals surface area contributed by atoms with E-state index in [-0.39, 0.29) is 5.91 Å². The molecule has 0 radical (unpaired) electrons. The van der Waals surface area contributed by atoms with Gasteiger partial charge in [-0.3, -0.25) is 4.79 Å². The third-order valence-electron chi connectivity index (χ3n) is 3.37. The van der Waals surface area contributed by atoms with E-state index in [1.165, 1.54) is 0 Å². The van der Waals surface area contributed by atoms with Crippen LogP contribution >= 0.6 is 0 Å². The van der Waals surface area contributed by atoms with E-state index in [0.717, 1.165) is 25.0 Å². The molecule has 4 heteroatoms. The molecular weight excluding hydrogens is 252 g/mol. The van der Waals surface area contributed by atoms with E-state index >= 15 is 0 Å². The number of benzene rings is 1. The Bertz CT molecular complexity index is 368. The molecule has 0 bridgehead atoms. The molecule has 1 unspecified atom stereocenters. The lowest BCUT2D eigenvalue weighted by atomic mass is 9.96. The van der Waals surface area contributed by atoms with Crippen LogP contribution in [0.3, 0.4) is 0 Å². The van der Waals surface area contributed by atoms with Crippen LogP contribution in [0.5, 0.6) is 5.75 Å². The smallest absolute Gasteiger partial charge is 0.220 e. The lowest BCUT2D eigenvalue weighted by molar-refractivity contribution is -0.121. The summed E-state index contributed by atoms with van der Waals surface area (Å²) in [5.41, 5.74) is 5.55. The Balaban J connectivity index is 2.08. The van der Waals surface area contributed by atoms with Gasteiger partial charge in [0.15, 0.2) is 0 Å². The van der Waals surface area contributed by atoms with Crippen LogP contribution in [0.1, 0.15) is 32.6 Å². The molecule has 1 aromatic rings. The summed E-state index contributed by atoms with van der Waals surface area (Å²) in [5.74, 6) is 1.49. The number of carbonyl (C=O) groups is 1. The van der Waals surface area contributed by atoms with Gasteiger partial charge in [0.1, 0.15) is 12.4 Å². The predicted octanol–water partition coefficient (Wildman–Crippen LogP) is 2.34. The molecule has 0 saturated carbocycles. The fourth-order valence-corrected chi connectivity index (χ4v) is 2.09. The van der Waals surface area contributed by atoms with Crippen LogP contribution in [-0.2, 0) is 4.79 Å². The van der Waals surface area contributed by atoms with Gasteiger partial charge in [0.05, 0.1) is 6.54 Å². The molecule has 1 rings (SSSR count). The second-order valence-electron chi connectivity index (χ2n) is 4.90. The molecule has 20 heavy (non-hydrogen) atoms. The predicted molar refractivity (Wildman–Crippen MR) is 81.6 cm³/mol. The van der Waals surface area contributed by atoms with Crippen molar-refractivity contribution in [1.29, 1.82) is 0 Å². The fraction of sp³-hybridized carbons (Fsp3) is 0.562. The highest BCUT2D eigenvalue weighted by Gasteiger charge is 2.08. The first-order chi connectivity index (χ1) is 9.76. The standard InChI is InChI=1S/C16H26N2O2/c1-2-14(10-11-17)8-9-16(19)18-12-13-20-15-6-4-3-5-7-15/h3-7,14H,2,8-13,17H2,1H3,(H,18,19). The van der Waals surface area contributed by atoms with Crippen molar-refractivity contribution in [3.05, 3.63) is 30.3 Å². The molecular formula is C16H26N2O2. The number of ether oxygens (including phenoxy) is 1. The number of rotatable bonds is 10. The van der Waals surface area contributed by atoms with Crippen LogP contribution in [-0.4, -0.2) is 25.6 Å². The third-order valence-corrected chi connectivity index (χ3v) is 3.37. The number of nitrogens with one attached hydrogen (secondary N) is 1. The summed E-state index contributed by atoms with van der Waals surface area (Å²) < 4.78 is 5.51. The quantitative estimate of drug-likeness (QED) is 0.646. The Morgan fingerprint density at radius 1 is 1.30 bits per heavy atom. The van der Waals surface area contributed by atoms with Crippen LogP contribution in [0.15, 0.2) is 30.3 Å². The van der Waals surface area contributed by atoms with Gasteiger partial charge in [0.25, 0.3) is 0 Å². The van der Waals surface area contributed by atoms with Crippen molar-refractivity contribution < 1.29 is 9.53 Å². The van der Waals surface area contributed by atoms with Crippen molar-refractivity contribution in [2.75, 3.05) is 19.7 Å². The maximum atomic E-state index is 11.7. The molecule has 1 atom stereocenters. The molecule has 112 valence electrons. The van der Waals surface area contributed by atoms with Crippen molar-refractivity contribution in [3.8, 4) is 5.75 Å². The third kappa shape index (κ3) is 7.14. The zero-order chi connectivity index (χ0) is 14.6. The molecule has 0 heterocycles. The van der Waals surface area contributed by atoms with Crippen LogP contribution in [0.4, 0.5) is 0 Å². The minimum absolute atomic E-state index is 0.0946. The number of carbonyl (C=O) groups excluding carboxylic acids is 1. The number of para-hydroxylation sites is 1. The topological polar surface area (TPSA) is 64.4 Å². The van der Waals surface area contributed by atoms with E-state index in [4.69, 9.17) is 10.5 Å². The Morgan fingerprint density at radius 3 is 2.70 bits per heavy atom. The normalized spacial score (nSPS) is 11.9. The lowest BCUT2D eigenvalue weighted by Gasteiger charge is -2.13. The molecule has 3 N–H and O–H groups in total. The summed E-state index contributed by atoms with van der Waals surface area (Å²) in [4.78, 5) is 11.7. The minimum Gasteiger partial charge on any atom is -0.492 e. The molecule has 0 aliphatic rings. The first-order valence-corrected chi connectivity index (χ1v) is 7.40. The van der Waals surface area contributed by atoms with Gasteiger partial charge in [-0.1, -0.05) is 31.5 Å². The first kappa shape index (κ1) is 16.5. The summed E-state index contributed by atoms with van der Waals surface area (Å²) >= 11 is 0. The van der Waals surface area contributed by atoms with Crippen LogP contribution in [0.2, 0.25) is 0 Å². The highest BCUT2D eigenvalue weighted by atomic mass is 16.5. The largest absolute Gasteiger partial charge is 0.492 e. The summed E-state index contributed by atoms with van der Waals surface area (Å²) in [7, 11) is 0. The number of nitrogens with two attached hydrogens (primary N) is 1. The number of amides is 1. The molecule has 4 nitrogen and oxygen atoms in total. The monoisotopic (exact) mass is 278 g/mol. The zero-order valence-corrected chi connectivity index (χ0v) is 12.3. The average Bonchev–Trinajstić information content (AvgIpc) is 2.49. The van der Waals surface area contributed by atoms with Crippen molar-refractivity contribution >= 4 is 5.91 Å². The summed E-state index contributed by atoms with van der Waals surface area (Å²) in [6.45, 7) is 3.88. The van der Waals surface area contributed by atoms with Crippen LogP contribution in [0.25, 0.3) is 0 Å². The average molecular weight is 278 g/mol. The van der Waals surface area contributed by atoms with E-state index in [0.29, 0.717) is 32.0 Å². The number of hydrogen-bond acceptors (Lipinski definition) is 3. The molecule has 0 spiro atoms. The van der Waals surface area contributed by atoms with Gasteiger partial charge in [-0.25, -0.2) is 0 Å². The summed E-state index contributed by atoms with van der Waals surface area (Å²) in [5, 5.41) is 2.88. The summed E-state index contributed by atoms with van der Waals surface area (Å²) in [6, 6.07) is 9.60. The van der Waals surface area contributed by atoms with Crippen molar-refractivity contribution in [3.63, 3.8) is 0 Å². The molecule has 0 fully saturated rings. The molecule has 1 aromatic carbocycles. The van der Waals surface area contributed by atoms with E-state index in [2.05, 4.69) is 12.2 Å². The Labute approximate surface area is 121 Å². The maximum Gasteiger partial charge on any atom is 0.220 e. The van der Waals surface area contributed by atoms with Crippen molar-refractivity contribution in [2.45, 2.75) is 32.6 Å². The van der Waals surface area contributed by atoms with Crippen molar-refractivity contribution in [1.82, 2.24) is 5.32 Å². The maximum absolute atomic E-state index is 11.7. The zero-order valence-electron chi connectivity index (χ0n) is 12.3.